The fourth-order valence-electron chi connectivity index (χ4n) is 2.08. The minimum absolute atomic E-state index is 0.140. The van der Waals surface area contributed by atoms with Crippen LogP contribution in [0.1, 0.15) is 27.9 Å². The minimum atomic E-state index is -0.140. The van der Waals surface area contributed by atoms with Crippen LogP contribution < -0.4 is 5.32 Å². The highest BCUT2D eigenvalue weighted by Crippen LogP contribution is 2.18. The summed E-state index contributed by atoms with van der Waals surface area (Å²) in [6, 6.07) is 13.2. The van der Waals surface area contributed by atoms with Gasteiger partial charge in [0.1, 0.15) is 0 Å². The van der Waals surface area contributed by atoms with Gasteiger partial charge in [0, 0.05) is 11.6 Å². The standard InChI is InChI=1S/C17H17Cl2NO/c1-12-8-9-14(16(19)11-12)17(21)20-10-4-6-13-5-2-3-7-15(13)18/h2-3,5,7-9,11H,4,6,10H2,1H3,(H,20,21). The number of hydrogen-bond acceptors (Lipinski definition) is 1. The third kappa shape index (κ3) is 4.48. The molecule has 1 amide bonds. The molecule has 2 aromatic carbocycles. The van der Waals surface area contributed by atoms with Crippen LogP contribution in [0.25, 0.3) is 0 Å². The van der Waals surface area contributed by atoms with Gasteiger partial charge in [-0.3, -0.25) is 4.79 Å². The summed E-state index contributed by atoms with van der Waals surface area (Å²) in [5, 5.41) is 4.14. The lowest BCUT2D eigenvalue weighted by molar-refractivity contribution is 0.0953. The number of benzene rings is 2. The van der Waals surface area contributed by atoms with E-state index in [-0.39, 0.29) is 5.91 Å². The highest BCUT2D eigenvalue weighted by Gasteiger charge is 2.09. The van der Waals surface area contributed by atoms with E-state index in [1.807, 2.05) is 37.3 Å². The minimum Gasteiger partial charge on any atom is -0.352 e. The Morgan fingerprint density at radius 1 is 1.10 bits per heavy atom. The molecule has 21 heavy (non-hydrogen) atoms. The maximum Gasteiger partial charge on any atom is 0.252 e. The van der Waals surface area contributed by atoms with Gasteiger partial charge in [0.2, 0.25) is 0 Å². The van der Waals surface area contributed by atoms with Crippen LogP contribution in [0.2, 0.25) is 10.0 Å². The summed E-state index contributed by atoms with van der Waals surface area (Å²) in [6.07, 6.45) is 1.67. The van der Waals surface area contributed by atoms with Gasteiger partial charge in [0.25, 0.3) is 5.91 Å². The number of halogens is 2. The largest absolute Gasteiger partial charge is 0.352 e. The Hall–Kier alpha value is -1.51. The SMILES string of the molecule is Cc1ccc(C(=O)NCCCc2ccccc2Cl)c(Cl)c1. The smallest absolute Gasteiger partial charge is 0.252 e. The van der Waals surface area contributed by atoms with E-state index in [4.69, 9.17) is 23.2 Å². The van der Waals surface area contributed by atoms with Crippen molar-refractivity contribution in [3.8, 4) is 0 Å². The topological polar surface area (TPSA) is 29.1 Å². The fourth-order valence-corrected chi connectivity index (χ4v) is 2.63. The van der Waals surface area contributed by atoms with Gasteiger partial charge >= 0.3 is 0 Å². The molecule has 110 valence electrons. The van der Waals surface area contributed by atoms with E-state index in [9.17, 15) is 4.79 Å². The normalized spacial score (nSPS) is 10.4. The Kier molecular flexibility index (Phi) is 5.66. The molecule has 0 aliphatic heterocycles. The van der Waals surface area contributed by atoms with Gasteiger partial charge in [-0.2, -0.15) is 0 Å². The maximum absolute atomic E-state index is 12.0. The van der Waals surface area contributed by atoms with E-state index in [0.717, 1.165) is 29.0 Å². The molecule has 2 rings (SSSR count). The summed E-state index contributed by atoms with van der Waals surface area (Å²) in [5.74, 6) is -0.140. The lowest BCUT2D eigenvalue weighted by Crippen LogP contribution is -2.25. The van der Waals surface area contributed by atoms with Crippen LogP contribution in [0.4, 0.5) is 0 Å². The lowest BCUT2D eigenvalue weighted by atomic mass is 10.1. The van der Waals surface area contributed by atoms with Gasteiger partial charge in [0.15, 0.2) is 0 Å². The molecular formula is C17H17Cl2NO. The van der Waals surface area contributed by atoms with Crippen molar-refractivity contribution in [3.63, 3.8) is 0 Å². The molecule has 0 aliphatic rings. The summed E-state index contributed by atoms with van der Waals surface area (Å²) in [5.41, 5.74) is 2.65. The number of rotatable bonds is 5. The van der Waals surface area contributed by atoms with Gasteiger partial charge in [-0.1, -0.05) is 47.5 Å². The van der Waals surface area contributed by atoms with Crippen molar-refractivity contribution in [2.75, 3.05) is 6.54 Å². The molecule has 0 aromatic heterocycles. The molecule has 0 spiro atoms. The number of hydrogen-bond donors (Lipinski definition) is 1. The van der Waals surface area contributed by atoms with E-state index in [0.29, 0.717) is 17.1 Å². The molecular weight excluding hydrogens is 305 g/mol. The average molecular weight is 322 g/mol. The first-order valence-electron chi connectivity index (χ1n) is 6.85. The molecule has 0 heterocycles. The van der Waals surface area contributed by atoms with Gasteiger partial charge in [0.05, 0.1) is 10.6 Å². The van der Waals surface area contributed by atoms with Crippen LogP contribution >= 0.6 is 23.2 Å². The molecule has 4 heteroatoms. The number of nitrogens with one attached hydrogen (secondary N) is 1. The monoisotopic (exact) mass is 321 g/mol. The molecule has 0 bridgehead atoms. The maximum atomic E-state index is 12.0. The van der Waals surface area contributed by atoms with E-state index in [2.05, 4.69) is 5.32 Å². The van der Waals surface area contributed by atoms with Crippen LogP contribution in [-0.2, 0) is 6.42 Å². The summed E-state index contributed by atoms with van der Waals surface area (Å²) in [6.45, 7) is 2.53. The predicted molar refractivity (Wildman–Crippen MR) is 88.3 cm³/mol. The molecule has 0 atom stereocenters. The van der Waals surface area contributed by atoms with Crippen LogP contribution in [0, 0.1) is 6.92 Å². The summed E-state index contributed by atoms with van der Waals surface area (Å²) < 4.78 is 0. The van der Waals surface area contributed by atoms with E-state index < -0.39 is 0 Å². The zero-order valence-electron chi connectivity index (χ0n) is 11.8. The molecule has 2 aromatic rings. The van der Waals surface area contributed by atoms with Crippen molar-refractivity contribution in [1.29, 1.82) is 0 Å². The summed E-state index contributed by atoms with van der Waals surface area (Å²) in [4.78, 5) is 12.0. The van der Waals surface area contributed by atoms with E-state index >= 15 is 0 Å². The van der Waals surface area contributed by atoms with Crippen LogP contribution in [-0.4, -0.2) is 12.5 Å². The average Bonchev–Trinajstić information content (AvgIpc) is 2.45. The van der Waals surface area contributed by atoms with Gasteiger partial charge in [-0.05, 0) is 49.1 Å². The molecule has 1 N–H and O–H groups in total. The van der Waals surface area contributed by atoms with Crippen molar-refractivity contribution in [2.24, 2.45) is 0 Å². The molecule has 0 aliphatic carbocycles. The van der Waals surface area contributed by atoms with Crippen molar-refractivity contribution < 1.29 is 4.79 Å². The molecule has 0 fully saturated rings. The Labute approximate surface area is 135 Å². The zero-order chi connectivity index (χ0) is 15.2. The second-order valence-electron chi connectivity index (χ2n) is 4.93. The van der Waals surface area contributed by atoms with Crippen molar-refractivity contribution in [2.45, 2.75) is 19.8 Å². The second-order valence-corrected chi connectivity index (χ2v) is 5.75. The van der Waals surface area contributed by atoms with Crippen LogP contribution in [0.5, 0.6) is 0 Å². The van der Waals surface area contributed by atoms with E-state index in [1.165, 1.54) is 0 Å². The first kappa shape index (κ1) is 15.9. The third-order valence-corrected chi connectivity index (χ3v) is 3.92. The van der Waals surface area contributed by atoms with E-state index in [1.54, 1.807) is 12.1 Å². The van der Waals surface area contributed by atoms with Crippen LogP contribution in [0.3, 0.4) is 0 Å². The molecule has 0 unspecified atom stereocenters. The summed E-state index contributed by atoms with van der Waals surface area (Å²) in [7, 11) is 0. The van der Waals surface area contributed by atoms with Crippen molar-refractivity contribution >= 4 is 29.1 Å². The van der Waals surface area contributed by atoms with Crippen LogP contribution in [0.15, 0.2) is 42.5 Å². The quantitative estimate of drug-likeness (QED) is 0.797. The molecule has 0 radical (unpaired) electrons. The number of carbonyl (C=O) groups is 1. The van der Waals surface area contributed by atoms with Crippen molar-refractivity contribution in [1.82, 2.24) is 5.32 Å². The predicted octanol–water partition coefficient (Wildman–Crippen LogP) is 4.66. The lowest BCUT2D eigenvalue weighted by Gasteiger charge is -2.08. The highest BCUT2D eigenvalue weighted by molar-refractivity contribution is 6.33. The highest BCUT2D eigenvalue weighted by atomic mass is 35.5. The molecule has 0 saturated carbocycles. The first-order chi connectivity index (χ1) is 10.1. The Morgan fingerprint density at radius 3 is 2.57 bits per heavy atom. The number of amides is 1. The first-order valence-corrected chi connectivity index (χ1v) is 7.61. The van der Waals surface area contributed by atoms with Gasteiger partial charge < -0.3 is 5.32 Å². The zero-order valence-corrected chi connectivity index (χ0v) is 13.3. The fraction of sp³-hybridized carbons (Fsp3) is 0.235. The van der Waals surface area contributed by atoms with Crippen molar-refractivity contribution in [3.05, 3.63) is 69.2 Å². The third-order valence-electron chi connectivity index (χ3n) is 3.24. The Bertz CT molecular complexity index is 640. The van der Waals surface area contributed by atoms with Gasteiger partial charge in [-0.15, -0.1) is 0 Å². The Morgan fingerprint density at radius 2 is 1.86 bits per heavy atom. The molecule has 0 saturated heterocycles. The number of carbonyl (C=O) groups excluding carboxylic acids is 1. The Balaban J connectivity index is 1.83. The van der Waals surface area contributed by atoms with Gasteiger partial charge in [-0.25, -0.2) is 0 Å². The molecule has 2 nitrogen and oxygen atoms in total. The summed E-state index contributed by atoms with van der Waals surface area (Å²) >= 11 is 12.2. The number of aryl methyl sites for hydroxylation is 2. The second kappa shape index (κ2) is 7.48.